The molecule has 0 saturated carbocycles. The predicted octanol–water partition coefficient (Wildman–Crippen LogP) is 4.61. The third-order valence-corrected chi connectivity index (χ3v) is 8.26. The standard InChI is InChI=1S/C24H24F3N3O2S/c1-28-10-7-16(8-11-28)21-15-30(23-5-3-18(14-20(21)23)24(25,26)27)33(31,32)19-4-6-22-17(13-19)9-12-29(22)2/h3-7,13-15H,8-12H2,1-2H3. The zero-order chi connectivity index (χ0) is 23.5. The molecule has 174 valence electrons. The van der Waals surface area contributed by atoms with Gasteiger partial charge in [-0.1, -0.05) is 6.08 Å². The number of likely N-dealkylation sites (N-methyl/N-ethyl adjacent to an activating group) is 2. The number of halogens is 3. The quantitative estimate of drug-likeness (QED) is 0.555. The Morgan fingerprint density at radius 2 is 1.76 bits per heavy atom. The first-order valence-corrected chi connectivity index (χ1v) is 12.2. The Morgan fingerprint density at radius 3 is 2.45 bits per heavy atom. The fourth-order valence-electron chi connectivity index (χ4n) is 4.66. The van der Waals surface area contributed by atoms with Gasteiger partial charge in [0, 0.05) is 49.5 Å². The predicted molar refractivity (Wildman–Crippen MR) is 123 cm³/mol. The van der Waals surface area contributed by atoms with E-state index < -0.39 is 21.8 Å². The molecule has 33 heavy (non-hydrogen) atoms. The van der Waals surface area contributed by atoms with Crippen molar-refractivity contribution in [2.45, 2.75) is 23.9 Å². The Morgan fingerprint density at radius 1 is 0.970 bits per heavy atom. The second kappa shape index (κ2) is 7.63. The molecule has 5 nitrogen and oxygen atoms in total. The molecule has 9 heteroatoms. The maximum atomic E-state index is 13.7. The Hall–Kier alpha value is -2.78. The third kappa shape index (κ3) is 3.73. The monoisotopic (exact) mass is 475 g/mol. The van der Waals surface area contributed by atoms with Crippen molar-refractivity contribution in [3.05, 3.63) is 65.4 Å². The summed E-state index contributed by atoms with van der Waals surface area (Å²) in [5.74, 6) is 0. The van der Waals surface area contributed by atoms with Crippen LogP contribution in [0.3, 0.4) is 0 Å². The lowest BCUT2D eigenvalue weighted by Crippen LogP contribution is -2.23. The van der Waals surface area contributed by atoms with Gasteiger partial charge in [-0.05, 0) is 67.4 Å². The molecule has 0 atom stereocenters. The maximum absolute atomic E-state index is 13.7. The molecule has 3 aromatic rings. The van der Waals surface area contributed by atoms with Crippen LogP contribution in [0.25, 0.3) is 16.5 Å². The van der Waals surface area contributed by atoms with Gasteiger partial charge in [-0.2, -0.15) is 13.2 Å². The van der Waals surface area contributed by atoms with Crippen LogP contribution in [0, 0.1) is 0 Å². The molecular formula is C24H24F3N3O2S. The summed E-state index contributed by atoms with van der Waals surface area (Å²) in [7, 11) is -0.0783. The van der Waals surface area contributed by atoms with Gasteiger partial charge in [0.1, 0.15) is 0 Å². The molecule has 0 unspecified atom stereocenters. The third-order valence-electron chi connectivity index (χ3n) is 6.59. The molecule has 2 aliphatic heterocycles. The lowest BCUT2D eigenvalue weighted by atomic mass is 9.98. The largest absolute Gasteiger partial charge is 0.416 e. The summed E-state index contributed by atoms with van der Waals surface area (Å²) in [6, 6.07) is 8.31. The summed E-state index contributed by atoms with van der Waals surface area (Å²) in [5.41, 5.74) is 2.80. The van der Waals surface area contributed by atoms with Crippen molar-refractivity contribution in [2.24, 2.45) is 0 Å². The highest BCUT2D eigenvalue weighted by Gasteiger charge is 2.32. The second-order valence-corrected chi connectivity index (χ2v) is 10.6. The van der Waals surface area contributed by atoms with Gasteiger partial charge in [0.25, 0.3) is 10.0 Å². The molecule has 0 bridgehead atoms. The van der Waals surface area contributed by atoms with Crippen LogP contribution in [0.1, 0.15) is 23.1 Å². The highest BCUT2D eigenvalue weighted by atomic mass is 32.2. The van der Waals surface area contributed by atoms with Crippen LogP contribution in [0.5, 0.6) is 0 Å². The van der Waals surface area contributed by atoms with Gasteiger partial charge in [0.15, 0.2) is 0 Å². The van der Waals surface area contributed by atoms with Crippen molar-refractivity contribution in [3.63, 3.8) is 0 Å². The average Bonchev–Trinajstić information content (AvgIpc) is 3.34. The Bertz CT molecular complexity index is 1390. The van der Waals surface area contributed by atoms with E-state index in [9.17, 15) is 21.6 Å². The minimum atomic E-state index is -4.51. The summed E-state index contributed by atoms with van der Waals surface area (Å²) in [6.07, 6.45) is 0.316. The van der Waals surface area contributed by atoms with Crippen molar-refractivity contribution in [3.8, 4) is 0 Å². The molecule has 0 radical (unpaired) electrons. The average molecular weight is 476 g/mol. The van der Waals surface area contributed by atoms with Crippen LogP contribution in [0.15, 0.2) is 53.6 Å². The normalized spacial score (nSPS) is 17.5. The molecule has 3 heterocycles. The topological polar surface area (TPSA) is 45.6 Å². The first-order valence-electron chi connectivity index (χ1n) is 10.8. The highest BCUT2D eigenvalue weighted by molar-refractivity contribution is 7.90. The van der Waals surface area contributed by atoms with Gasteiger partial charge >= 0.3 is 6.18 Å². The minimum absolute atomic E-state index is 0.136. The van der Waals surface area contributed by atoms with E-state index in [2.05, 4.69) is 9.80 Å². The summed E-state index contributed by atoms with van der Waals surface area (Å²) < 4.78 is 68.8. The van der Waals surface area contributed by atoms with E-state index in [4.69, 9.17) is 0 Å². The highest BCUT2D eigenvalue weighted by Crippen LogP contribution is 2.38. The van der Waals surface area contributed by atoms with E-state index in [0.29, 0.717) is 23.9 Å². The smallest absolute Gasteiger partial charge is 0.374 e. The molecule has 0 fully saturated rings. The zero-order valence-electron chi connectivity index (χ0n) is 18.4. The molecule has 2 aromatic carbocycles. The van der Waals surface area contributed by atoms with E-state index in [1.165, 1.54) is 12.3 Å². The van der Waals surface area contributed by atoms with Gasteiger partial charge in [-0.3, -0.25) is 0 Å². The van der Waals surface area contributed by atoms with Crippen LogP contribution >= 0.6 is 0 Å². The van der Waals surface area contributed by atoms with Crippen LogP contribution in [-0.4, -0.2) is 51.0 Å². The number of nitrogens with zero attached hydrogens (tertiary/aromatic N) is 3. The Balaban J connectivity index is 1.70. The second-order valence-electron chi connectivity index (χ2n) is 8.78. The van der Waals surface area contributed by atoms with Crippen molar-refractivity contribution in [1.82, 2.24) is 8.87 Å². The number of aromatic nitrogens is 1. The maximum Gasteiger partial charge on any atom is 0.416 e. The number of fused-ring (bicyclic) bond motifs is 2. The van der Waals surface area contributed by atoms with Gasteiger partial charge in [0.2, 0.25) is 0 Å². The number of alkyl halides is 3. The van der Waals surface area contributed by atoms with Gasteiger partial charge < -0.3 is 9.80 Å². The molecule has 1 aromatic heterocycles. The van der Waals surface area contributed by atoms with E-state index in [-0.39, 0.29) is 10.4 Å². The van der Waals surface area contributed by atoms with E-state index in [1.807, 2.05) is 20.2 Å². The summed E-state index contributed by atoms with van der Waals surface area (Å²) in [5, 5.41) is 0.296. The number of hydrogen-bond donors (Lipinski definition) is 0. The first-order chi connectivity index (χ1) is 15.6. The first kappa shape index (κ1) is 22.0. The number of hydrogen-bond acceptors (Lipinski definition) is 4. The zero-order valence-corrected chi connectivity index (χ0v) is 19.2. The van der Waals surface area contributed by atoms with Crippen LogP contribution in [0.4, 0.5) is 18.9 Å². The molecule has 0 amide bonds. The number of anilines is 1. The number of benzene rings is 2. The Kier molecular flexibility index (Phi) is 5.10. The van der Waals surface area contributed by atoms with Gasteiger partial charge in [0.05, 0.1) is 16.0 Å². The fraction of sp³-hybridized carbons (Fsp3) is 0.333. The molecule has 5 rings (SSSR count). The van der Waals surface area contributed by atoms with Crippen molar-refractivity contribution >= 4 is 32.2 Å². The van der Waals surface area contributed by atoms with Gasteiger partial charge in [-0.25, -0.2) is 12.4 Å². The molecule has 0 saturated heterocycles. The van der Waals surface area contributed by atoms with E-state index in [1.54, 1.807) is 18.2 Å². The lowest BCUT2D eigenvalue weighted by Gasteiger charge is -2.21. The number of rotatable bonds is 3. The van der Waals surface area contributed by atoms with Crippen molar-refractivity contribution < 1.29 is 21.6 Å². The fourth-order valence-corrected chi connectivity index (χ4v) is 6.08. The summed E-state index contributed by atoms with van der Waals surface area (Å²) in [4.78, 5) is 4.31. The van der Waals surface area contributed by atoms with Crippen molar-refractivity contribution in [1.29, 1.82) is 0 Å². The van der Waals surface area contributed by atoms with Crippen LogP contribution < -0.4 is 4.90 Å². The van der Waals surface area contributed by atoms with Crippen LogP contribution in [0.2, 0.25) is 0 Å². The van der Waals surface area contributed by atoms with E-state index >= 15 is 0 Å². The van der Waals surface area contributed by atoms with Gasteiger partial charge in [-0.15, -0.1) is 0 Å². The summed E-state index contributed by atoms with van der Waals surface area (Å²) >= 11 is 0. The van der Waals surface area contributed by atoms with Crippen LogP contribution in [-0.2, 0) is 22.6 Å². The summed E-state index contributed by atoms with van der Waals surface area (Å²) in [6.45, 7) is 2.23. The molecule has 2 aliphatic rings. The molecular weight excluding hydrogens is 451 g/mol. The SMILES string of the molecule is CN1CC=C(c2cn(S(=O)(=O)c3ccc4c(c3)CCN4C)c3ccc(C(F)(F)F)cc23)CC1. The lowest BCUT2D eigenvalue weighted by molar-refractivity contribution is -0.137. The minimum Gasteiger partial charge on any atom is -0.374 e. The molecule has 0 aliphatic carbocycles. The van der Waals surface area contributed by atoms with Crippen molar-refractivity contribution in [2.75, 3.05) is 38.6 Å². The van der Waals surface area contributed by atoms with E-state index in [0.717, 1.165) is 52.4 Å². The molecule has 0 N–H and O–H groups in total. The molecule has 0 spiro atoms. The Labute approximate surface area is 190 Å².